The molecule has 1 aromatic heterocycles. The normalized spacial score (nSPS) is 10.1. The van der Waals surface area contributed by atoms with E-state index in [-0.39, 0.29) is 0 Å². The highest BCUT2D eigenvalue weighted by molar-refractivity contribution is 5.62. The van der Waals surface area contributed by atoms with Crippen molar-refractivity contribution in [3.05, 3.63) is 24.0 Å². The molecule has 0 aliphatic rings. The average Bonchev–Trinajstić information content (AvgIpc) is 2.30. The standard InChI is InChI=1S/C9H14N2/c1-5-9-8(7(2)3)6-11(4)10-9/h6H,2,5H2,1,3-4H3. The van der Waals surface area contributed by atoms with E-state index in [2.05, 4.69) is 18.6 Å². The van der Waals surface area contributed by atoms with E-state index in [1.165, 1.54) is 5.56 Å². The second-order valence-corrected chi connectivity index (χ2v) is 2.80. The van der Waals surface area contributed by atoms with Gasteiger partial charge in [-0.3, -0.25) is 4.68 Å². The fraction of sp³-hybridized carbons (Fsp3) is 0.444. The van der Waals surface area contributed by atoms with Gasteiger partial charge in [0.15, 0.2) is 0 Å². The zero-order valence-electron chi connectivity index (χ0n) is 7.39. The van der Waals surface area contributed by atoms with Gasteiger partial charge >= 0.3 is 0 Å². The van der Waals surface area contributed by atoms with Gasteiger partial charge in [0.2, 0.25) is 0 Å². The second-order valence-electron chi connectivity index (χ2n) is 2.80. The van der Waals surface area contributed by atoms with Crippen molar-refractivity contribution in [2.75, 3.05) is 0 Å². The summed E-state index contributed by atoms with van der Waals surface area (Å²) < 4.78 is 1.84. The molecule has 11 heavy (non-hydrogen) atoms. The fourth-order valence-corrected chi connectivity index (χ4v) is 1.15. The lowest BCUT2D eigenvalue weighted by Gasteiger charge is -1.94. The minimum Gasteiger partial charge on any atom is -0.275 e. The summed E-state index contributed by atoms with van der Waals surface area (Å²) in [7, 11) is 1.94. The average molecular weight is 150 g/mol. The first-order valence-corrected chi connectivity index (χ1v) is 3.83. The maximum absolute atomic E-state index is 4.31. The van der Waals surface area contributed by atoms with Gasteiger partial charge in [0, 0.05) is 18.8 Å². The van der Waals surface area contributed by atoms with Crippen molar-refractivity contribution < 1.29 is 0 Å². The Bertz CT molecular complexity index is 271. The van der Waals surface area contributed by atoms with Crippen LogP contribution >= 0.6 is 0 Å². The summed E-state index contributed by atoms with van der Waals surface area (Å²) in [4.78, 5) is 0. The molecule has 2 heteroatoms. The highest BCUT2D eigenvalue weighted by atomic mass is 15.2. The summed E-state index contributed by atoms with van der Waals surface area (Å²) in [6, 6.07) is 0. The molecule has 1 rings (SSSR count). The molecule has 0 aliphatic carbocycles. The van der Waals surface area contributed by atoms with Crippen LogP contribution in [0.1, 0.15) is 25.1 Å². The number of rotatable bonds is 2. The number of hydrogen-bond acceptors (Lipinski definition) is 1. The zero-order valence-corrected chi connectivity index (χ0v) is 7.39. The summed E-state index contributed by atoms with van der Waals surface area (Å²) >= 11 is 0. The van der Waals surface area contributed by atoms with Gasteiger partial charge in [-0.2, -0.15) is 5.10 Å². The lowest BCUT2D eigenvalue weighted by molar-refractivity contribution is 0.746. The Morgan fingerprint density at radius 3 is 2.73 bits per heavy atom. The van der Waals surface area contributed by atoms with Crippen LogP contribution in [0.4, 0.5) is 0 Å². The van der Waals surface area contributed by atoms with Crippen molar-refractivity contribution in [1.29, 1.82) is 0 Å². The molecule has 0 aromatic carbocycles. The Balaban J connectivity index is 3.12. The minimum atomic E-state index is 0.975. The van der Waals surface area contributed by atoms with E-state index in [0.717, 1.165) is 17.7 Å². The third kappa shape index (κ3) is 1.50. The van der Waals surface area contributed by atoms with E-state index in [9.17, 15) is 0 Å². The fourth-order valence-electron chi connectivity index (χ4n) is 1.15. The highest BCUT2D eigenvalue weighted by Crippen LogP contribution is 2.15. The number of allylic oxidation sites excluding steroid dienone is 1. The SMILES string of the molecule is C=C(C)c1cn(C)nc1CC. The van der Waals surface area contributed by atoms with Gasteiger partial charge in [-0.1, -0.05) is 13.5 Å². The molecule has 0 unspecified atom stereocenters. The summed E-state index contributed by atoms with van der Waals surface area (Å²) in [5.74, 6) is 0. The highest BCUT2D eigenvalue weighted by Gasteiger charge is 2.04. The predicted molar refractivity (Wildman–Crippen MR) is 47.3 cm³/mol. The molecular formula is C9H14N2. The van der Waals surface area contributed by atoms with Gasteiger partial charge in [0.1, 0.15) is 0 Å². The molecule has 0 saturated heterocycles. The molecule has 0 aliphatic heterocycles. The van der Waals surface area contributed by atoms with Crippen LogP contribution in [-0.2, 0) is 13.5 Å². The molecule has 0 atom stereocenters. The van der Waals surface area contributed by atoms with Crippen LogP contribution in [0.25, 0.3) is 5.57 Å². The molecule has 0 saturated carbocycles. The molecule has 60 valence electrons. The van der Waals surface area contributed by atoms with Crippen LogP contribution < -0.4 is 0 Å². The smallest absolute Gasteiger partial charge is 0.0696 e. The third-order valence-electron chi connectivity index (χ3n) is 1.70. The molecular weight excluding hydrogens is 136 g/mol. The maximum atomic E-state index is 4.31. The Kier molecular flexibility index (Phi) is 2.13. The van der Waals surface area contributed by atoms with E-state index in [0.29, 0.717) is 0 Å². The predicted octanol–water partition coefficient (Wildman–Crippen LogP) is 2.02. The van der Waals surface area contributed by atoms with Crippen molar-refractivity contribution in [2.24, 2.45) is 7.05 Å². The Labute approximate surface area is 67.5 Å². The lowest BCUT2D eigenvalue weighted by Crippen LogP contribution is -1.89. The molecule has 0 spiro atoms. The molecule has 0 radical (unpaired) electrons. The van der Waals surface area contributed by atoms with Crippen molar-refractivity contribution >= 4 is 5.57 Å². The van der Waals surface area contributed by atoms with Crippen LogP contribution in [0.15, 0.2) is 12.8 Å². The van der Waals surface area contributed by atoms with Crippen LogP contribution in [0.5, 0.6) is 0 Å². The number of aryl methyl sites for hydroxylation is 2. The largest absolute Gasteiger partial charge is 0.275 e. The Hall–Kier alpha value is -1.05. The topological polar surface area (TPSA) is 17.8 Å². The van der Waals surface area contributed by atoms with Gasteiger partial charge in [-0.05, 0) is 18.9 Å². The first-order chi connectivity index (χ1) is 5.15. The first-order valence-electron chi connectivity index (χ1n) is 3.83. The molecule has 0 bridgehead atoms. The summed E-state index contributed by atoms with van der Waals surface area (Å²) in [6.07, 6.45) is 2.99. The van der Waals surface area contributed by atoms with Crippen LogP contribution in [0.3, 0.4) is 0 Å². The van der Waals surface area contributed by atoms with Crippen LogP contribution in [0.2, 0.25) is 0 Å². The summed E-state index contributed by atoms with van der Waals surface area (Å²) in [5, 5.41) is 4.31. The number of aromatic nitrogens is 2. The van der Waals surface area contributed by atoms with Crippen molar-refractivity contribution in [3.63, 3.8) is 0 Å². The molecule has 1 heterocycles. The maximum Gasteiger partial charge on any atom is 0.0696 e. The first kappa shape index (κ1) is 8.05. The van der Waals surface area contributed by atoms with E-state index in [4.69, 9.17) is 0 Å². The van der Waals surface area contributed by atoms with E-state index in [1.807, 2.05) is 24.9 Å². The summed E-state index contributed by atoms with van der Waals surface area (Å²) in [5.41, 5.74) is 3.42. The van der Waals surface area contributed by atoms with E-state index < -0.39 is 0 Å². The Morgan fingerprint density at radius 2 is 2.36 bits per heavy atom. The van der Waals surface area contributed by atoms with Gasteiger partial charge in [0.25, 0.3) is 0 Å². The molecule has 1 aromatic rings. The van der Waals surface area contributed by atoms with Gasteiger partial charge < -0.3 is 0 Å². The summed E-state index contributed by atoms with van der Waals surface area (Å²) in [6.45, 7) is 8.01. The minimum absolute atomic E-state index is 0.975. The van der Waals surface area contributed by atoms with Crippen LogP contribution in [-0.4, -0.2) is 9.78 Å². The Morgan fingerprint density at radius 1 is 1.73 bits per heavy atom. The number of nitrogens with zero attached hydrogens (tertiary/aromatic N) is 2. The quantitative estimate of drug-likeness (QED) is 0.630. The van der Waals surface area contributed by atoms with Crippen molar-refractivity contribution in [2.45, 2.75) is 20.3 Å². The monoisotopic (exact) mass is 150 g/mol. The number of hydrogen-bond donors (Lipinski definition) is 0. The van der Waals surface area contributed by atoms with E-state index >= 15 is 0 Å². The van der Waals surface area contributed by atoms with Crippen molar-refractivity contribution in [3.8, 4) is 0 Å². The van der Waals surface area contributed by atoms with E-state index in [1.54, 1.807) is 0 Å². The third-order valence-corrected chi connectivity index (χ3v) is 1.70. The van der Waals surface area contributed by atoms with Gasteiger partial charge in [0.05, 0.1) is 5.69 Å². The molecule has 0 fully saturated rings. The van der Waals surface area contributed by atoms with Crippen LogP contribution in [0, 0.1) is 0 Å². The van der Waals surface area contributed by atoms with Crippen molar-refractivity contribution in [1.82, 2.24) is 9.78 Å². The van der Waals surface area contributed by atoms with Gasteiger partial charge in [-0.15, -0.1) is 0 Å². The van der Waals surface area contributed by atoms with Gasteiger partial charge in [-0.25, -0.2) is 0 Å². The second kappa shape index (κ2) is 2.91. The molecule has 2 nitrogen and oxygen atoms in total. The molecule has 0 N–H and O–H groups in total. The lowest BCUT2D eigenvalue weighted by atomic mass is 10.1. The zero-order chi connectivity index (χ0) is 8.43. The molecule has 0 amide bonds.